The molecule has 34 heavy (non-hydrogen) atoms. The van der Waals surface area contributed by atoms with E-state index in [9.17, 15) is 4.79 Å². The van der Waals surface area contributed by atoms with Gasteiger partial charge in [-0.15, -0.1) is 23.1 Å². The Morgan fingerprint density at radius 3 is 2.56 bits per heavy atom. The van der Waals surface area contributed by atoms with Crippen LogP contribution in [0.5, 0.6) is 5.75 Å². The van der Waals surface area contributed by atoms with Crippen LogP contribution in [-0.2, 0) is 0 Å². The van der Waals surface area contributed by atoms with Gasteiger partial charge in [0.15, 0.2) is 5.50 Å². The quantitative estimate of drug-likeness (QED) is 0.304. The Balaban J connectivity index is 1.71. The average Bonchev–Trinajstić information content (AvgIpc) is 3.27. The highest BCUT2D eigenvalue weighted by molar-refractivity contribution is 7.99. The first-order valence-electron chi connectivity index (χ1n) is 11.4. The van der Waals surface area contributed by atoms with Crippen LogP contribution in [0.2, 0.25) is 0 Å². The van der Waals surface area contributed by atoms with E-state index >= 15 is 0 Å². The zero-order chi connectivity index (χ0) is 23.7. The van der Waals surface area contributed by atoms with Gasteiger partial charge in [-0.3, -0.25) is 4.79 Å². The number of benzene rings is 2. The Morgan fingerprint density at radius 2 is 1.88 bits per heavy atom. The predicted molar refractivity (Wildman–Crippen MR) is 144 cm³/mol. The minimum Gasteiger partial charge on any atom is -0.497 e. The monoisotopic (exact) mass is 489 g/mol. The Labute approximate surface area is 208 Å². The summed E-state index contributed by atoms with van der Waals surface area (Å²) in [7, 11) is 1.67. The molecule has 0 spiro atoms. The molecule has 1 atom stereocenters. The van der Waals surface area contributed by atoms with Crippen molar-refractivity contribution < 1.29 is 9.53 Å². The molecule has 0 bridgehead atoms. The van der Waals surface area contributed by atoms with Gasteiger partial charge in [0.2, 0.25) is 0 Å². The third-order valence-electron chi connectivity index (χ3n) is 6.11. The van der Waals surface area contributed by atoms with E-state index in [2.05, 4.69) is 30.4 Å². The van der Waals surface area contributed by atoms with Crippen LogP contribution >= 0.6 is 23.1 Å². The number of nitrogens with one attached hydrogen (secondary N) is 1. The summed E-state index contributed by atoms with van der Waals surface area (Å²) in [6, 6.07) is 20.4. The molecule has 0 radical (unpaired) electrons. The normalized spacial score (nSPS) is 15.3. The number of methoxy groups -OCH3 is 1. The first-order chi connectivity index (χ1) is 16.6. The second-order valence-electron chi connectivity index (χ2n) is 8.22. The van der Waals surface area contributed by atoms with E-state index in [1.54, 1.807) is 18.9 Å². The van der Waals surface area contributed by atoms with E-state index in [4.69, 9.17) is 9.72 Å². The number of fused-ring (bicyclic) bond motifs is 3. The molecule has 0 saturated carbocycles. The highest BCUT2D eigenvalue weighted by Gasteiger charge is 2.35. The summed E-state index contributed by atoms with van der Waals surface area (Å²) in [5.74, 6) is 0.902. The molecule has 2 aromatic heterocycles. The molecular weight excluding hydrogens is 462 g/mol. The molecule has 2 aromatic carbocycles. The summed E-state index contributed by atoms with van der Waals surface area (Å²) in [6.45, 7) is 2.90. The maximum atomic E-state index is 13.6. The van der Waals surface area contributed by atoms with Crippen molar-refractivity contribution in [2.24, 2.45) is 0 Å². The van der Waals surface area contributed by atoms with Crippen molar-refractivity contribution in [3.05, 3.63) is 65.5 Å². The topological polar surface area (TPSA) is 54.5 Å². The van der Waals surface area contributed by atoms with Crippen molar-refractivity contribution in [3.63, 3.8) is 0 Å². The molecule has 1 unspecified atom stereocenters. The molecule has 0 saturated heterocycles. The van der Waals surface area contributed by atoms with Gasteiger partial charge < -0.3 is 15.0 Å². The number of thiophene rings is 1. The smallest absolute Gasteiger partial charge is 0.268 e. The van der Waals surface area contributed by atoms with Gasteiger partial charge in [-0.1, -0.05) is 43.7 Å². The van der Waals surface area contributed by atoms with E-state index in [0.717, 1.165) is 68.3 Å². The maximum absolute atomic E-state index is 13.6. The Hall–Kier alpha value is -3.03. The summed E-state index contributed by atoms with van der Waals surface area (Å²) in [5, 5.41) is 4.68. The van der Waals surface area contributed by atoms with Gasteiger partial charge in [-0.2, -0.15) is 0 Å². The lowest BCUT2D eigenvalue weighted by atomic mass is 9.99. The molecule has 5 rings (SSSR count). The van der Waals surface area contributed by atoms with Crippen molar-refractivity contribution in [1.29, 1.82) is 0 Å². The number of ether oxygens (including phenoxy) is 1. The summed E-state index contributed by atoms with van der Waals surface area (Å²) in [4.78, 5) is 22.2. The standard InChI is InChI=1S/C27H27N3O2S2/c1-4-5-15-30-26(31)24-23(29-27(30)33-3)22-20(17-9-7-6-8-10-17)16-21(28-25(22)34-24)18-11-13-19(32-2)14-12-18/h6-14,16,27,29H,4-5,15H2,1-3H3. The number of nitrogens with zero attached hydrogens (tertiary/aromatic N) is 2. The minimum atomic E-state index is -0.0887. The van der Waals surface area contributed by atoms with Crippen LogP contribution in [0.15, 0.2) is 60.7 Å². The molecule has 174 valence electrons. The molecule has 1 aliphatic rings. The molecule has 1 aliphatic heterocycles. The highest BCUT2D eigenvalue weighted by atomic mass is 32.2. The number of amides is 1. The van der Waals surface area contributed by atoms with Gasteiger partial charge in [0.05, 0.1) is 18.5 Å². The van der Waals surface area contributed by atoms with Crippen molar-refractivity contribution in [3.8, 4) is 28.1 Å². The number of pyridine rings is 1. The van der Waals surface area contributed by atoms with E-state index in [1.165, 1.54) is 11.3 Å². The molecule has 0 fully saturated rings. The number of thioether (sulfide) groups is 1. The SMILES string of the molecule is CCCCN1C(=O)c2sc3nc(-c4ccc(OC)cc4)cc(-c4ccccc4)c3c2NC1SC. The molecule has 1 amide bonds. The van der Waals surface area contributed by atoms with Gasteiger partial charge in [0.1, 0.15) is 15.5 Å². The van der Waals surface area contributed by atoms with Gasteiger partial charge in [0, 0.05) is 17.5 Å². The van der Waals surface area contributed by atoms with Crippen LogP contribution in [0, 0.1) is 0 Å². The van der Waals surface area contributed by atoms with Gasteiger partial charge >= 0.3 is 0 Å². The highest BCUT2D eigenvalue weighted by Crippen LogP contribution is 2.46. The Morgan fingerprint density at radius 1 is 1.12 bits per heavy atom. The average molecular weight is 490 g/mol. The van der Waals surface area contributed by atoms with Crippen molar-refractivity contribution >= 4 is 44.9 Å². The second kappa shape index (κ2) is 9.68. The lowest BCUT2D eigenvalue weighted by Crippen LogP contribution is -2.46. The number of aromatic nitrogens is 1. The summed E-state index contributed by atoms with van der Waals surface area (Å²) in [5.41, 5.74) is 4.89. The van der Waals surface area contributed by atoms with Crippen molar-refractivity contribution in [2.45, 2.75) is 25.3 Å². The number of hydrogen-bond donors (Lipinski definition) is 1. The maximum Gasteiger partial charge on any atom is 0.268 e. The van der Waals surface area contributed by atoms with E-state index in [0.29, 0.717) is 0 Å². The van der Waals surface area contributed by atoms with E-state index in [1.807, 2.05) is 53.6 Å². The number of hydrogen-bond acceptors (Lipinski definition) is 6. The first kappa shape index (κ1) is 22.7. The number of rotatable bonds is 7. The summed E-state index contributed by atoms with van der Waals surface area (Å²) >= 11 is 3.14. The molecule has 3 heterocycles. The zero-order valence-corrected chi connectivity index (χ0v) is 21.1. The van der Waals surface area contributed by atoms with E-state index in [-0.39, 0.29) is 11.4 Å². The summed E-state index contributed by atoms with van der Waals surface area (Å²) in [6.07, 6.45) is 4.08. The molecule has 0 aliphatic carbocycles. The largest absolute Gasteiger partial charge is 0.497 e. The third kappa shape index (κ3) is 4.03. The Kier molecular flexibility index (Phi) is 6.48. The number of carbonyl (C=O) groups is 1. The number of carbonyl (C=O) groups excluding carboxylic acids is 1. The van der Waals surface area contributed by atoms with Crippen LogP contribution in [0.3, 0.4) is 0 Å². The van der Waals surface area contributed by atoms with Crippen molar-refractivity contribution in [2.75, 3.05) is 25.2 Å². The predicted octanol–water partition coefficient (Wildman–Crippen LogP) is 6.95. The van der Waals surface area contributed by atoms with E-state index < -0.39 is 0 Å². The number of unbranched alkanes of at least 4 members (excludes halogenated alkanes) is 1. The molecule has 4 aromatic rings. The van der Waals surface area contributed by atoms with Crippen LogP contribution in [0.25, 0.3) is 32.6 Å². The lowest BCUT2D eigenvalue weighted by molar-refractivity contribution is 0.0743. The van der Waals surface area contributed by atoms with Gasteiger partial charge in [-0.05, 0) is 54.1 Å². The second-order valence-corrected chi connectivity index (χ2v) is 10.1. The van der Waals surface area contributed by atoms with Gasteiger partial charge in [0.25, 0.3) is 5.91 Å². The van der Waals surface area contributed by atoms with Crippen LogP contribution in [-0.4, -0.2) is 41.2 Å². The van der Waals surface area contributed by atoms with Crippen LogP contribution in [0.4, 0.5) is 5.69 Å². The molecule has 1 N–H and O–H groups in total. The fourth-order valence-corrected chi connectivity index (χ4v) is 6.12. The lowest BCUT2D eigenvalue weighted by Gasteiger charge is -2.35. The first-order valence-corrected chi connectivity index (χ1v) is 13.5. The molecule has 5 nitrogen and oxygen atoms in total. The summed E-state index contributed by atoms with van der Waals surface area (Å²) < 4.78 is 5.32. The number of anilines is 1. The fraction of sp³-hybridized carbons (Fsp3) is 0.259. The Bertz CT molecular complexity index is 1320. The van der Waals surface area contributed by atoms with Crippen molar-refractivity contribution in [1.82, 2.24) is 9.88 Å². The van der Waals surface area contributed by atoms with Crippen LogP contribution < -0.4 is 10.1 Å². The molecule has 7 heteroatoms. The van der Waals surface area contributed by atoms with Crippen LogP contribution in [0.1, 0.15) is 29.4 Å². The zero-order valence-electron chi connectivity index (χ0n) is 19.5. The fourth-order valence-electron chi connectivity index (χ4n) is 4.31. The minimum absolute atomic E-state index is 0.0887. The third-order valence-corrected chi connectivity index (χ3v) is 8.00. The van der Waals surface area contributed by atoms with Gasteiger partial charge in [-0.25, -0.2) is 4.98 Å². The molecular formula is C27H27N3O2S2.